The van der Waals surface area contributed by atoms with E-state index in [0.717, 1.165) is 49.6 Å². The number of fused-ring (bicyclic) bond motifs is 1. The number of H-pyrrole nitrogens is 1. The highest BCUT2D eigenvalue weighted by Gasteiger charge is 2.35. The van der Waals surface area contributed by atoms with Crippen molar-refractivity contribution >= 4 is 5.91 Å². The first-order valence-electron chi connectivity index (χ1n) is 11.0. The third-order valence-electron chi connectivity index (χ3n) is 6.61. The zero-order valence-corrected chi connectivity index (χ0v) is 17.4. The predicted molar refractivity (Wildman–Crippen MR) is 110 cm³/mol. The van der Waals surface area contributed by atoms with Crippen molar-refractivity contribution in [3.8, 4) is 0 Å². The Labute approximate surface area is 179 Å². The van der Waals surface area contributed by atoms with Crippen LogP contribution >= 0.6 is 0 Å². The van der Waals surface area contributed by atoms with Crippen molar-refractivity contribution in [2.24, 2.45) is 5.92 Å². The van der Waals surface area contributed by atoms with Crippen molar-refractivity contribution < 1.29 is 13.6 Å². The molecule has 1 aliphatic carbocycles. The average Bonchev–Trinajstić information content (AvgIpc) is 3.61. The van der Waals surface area contributed by atoms with Gasteiger partial charge in [0.25, 0.3) is 5.56 Å². The average molecular weight is 428 g/mol. The molecule has 1 saturated heterocycles. The maximum absolute atomic E-state index is 13.5. The van der Waals surface area contributed by atoms with Gasteiger partial charge < -0.3 is 9.88 Å². The van der Waals surface area contributed by atoms with Gasteiger partial charge in [-0.15, -0.1) is 0 Å². The fourth-order valence-electron chi connectivity index (χ4n) is 4.73. The van der Waals surface area contributed by atoms with E-state index in [-0.39, 0.29) is 23.3 Å². The molecular formula is C23H26F2N4O2. The van der Waals surface area contributed by atoms with Crippen molar-refractivity contribution in [2.75, 3.05) is 19.6 Å². The van der Waals surface area contributed by atoms with E-state index in [2.05, 4.69) is 9.88 Å². The van der Waals surface area contributed by atoms with Crippen LogP contribution in [-0.2, 0) is 24.3 Å². The van der Waals surface area contributed by atoms with Crippen molar-refractivity contribution in [3.63, 3.8) is 0 Å². The van der Waals surface area contributed by atoms with Gasteiger partial charge in [-0.05, 0) is 49.9 Å². The normalized spacial score (nSPS) is 21.7. The van der Waals surface area contributed by atoms with Gasteiger partial charge in [0.2, 0.25) is 5.91 Å². The van der Waals surface area contributed by atoms with Crippen molar-refractivity contribution in [1.29, 1.82) is 0 Å². The molecule has 0 radical (unpaired) electrons. The lowest BCUT2D eigenvalue weighted by Gasteiger charge is -2.33. The summed E-state index contributed by atoms with van der Waals surface area (Å²) in [5.74, 6) is -0.580. The first-order valence-corrected chi connectivity index (χ1v) is 11.0. The molecule has 1 aromatic heterocycles. The standard InChI is InChI=1S/C23H26F2N4O2/c24-18-6-3-14(10-19(18)25)11-28-8-1-2-16(12-28)21-26-20-7-9-29(23(31)15-4-5-15)13-17(20)22(30)27-21/h3,6,10,15-16H,1-2,4-5,7-9,11-13H2,(H,26,27,30)/t16-/m1/s1. The molecule has 2 aliphatic heterocycles. The van der Waals surface area contributed by atoms with Crippen LogP contribution in [0.4, 0.5) is 8.78 Å². The Hall–Kier alpha value is -2.61. The molecule has 0 bridgehead atoms. The summed E-state index contributed by atoms with van der Waals surface area (Å²) in [6, 6.07) is 4.01. The summed E-state index contributed by atoms with van der Waals surface area (Å²) in [4.78, 5) is 36.9. The minimum Gasteiger partial charge on any atom is -0.337 e. The number of carbonyl (C=O) groups is 1. The summed E-state index contributed by atoms with van der Waals surface area (Å²) < 4.78 is 26.7. The van der Waals surface area contributed by atoms with Crippen LogP contribution in [0.25, 0.3) is 0 Å². The Bertz CT molecular complexity index is 1070. The molecule has 0 spiro atoms. The molecule has 3 aliphatic rings. The number of benzene rings is 1. The van der Waals surface area contributed by atoms with Gasteiger partial charge in [-0.25, -0.2) is 13.8 Å². The van der Waals surface area contributed by atoms with Gasteiger partial charge in [0.15, 0.2) is 11.6 Å². The number of rotatable bonds is 4. The Morgan fingerprint density at radius 1 is 1.16 bits per heavy atom. The molecule has 31 heavy (non-hydrogen) atoms. The maximum Gasteiger partial charge on any atom is 0.256 e. The molecule has 1 amide bonds. The molecule has 2 aromatic rings. The lowest BCUT2D eigenvalue weighted by Crippen LogP contribution is -2.41. The van der Waals surface area contributed by atoms with E-state index < -0.39 is 11.6 Å². The number of halogens is 2. The van der Waals surface area contributed by atoms with Crippen LogP contribution in [0.2, 0.25) is 0 Å². The third kappa shape index (κ3) is 4.26. The number of aromatic amines is 1. The Balaban J connectivity index is 1.30. The summed E-state index contributed by atoms with van der Waals surface area (Å²) >= 11 is 0. The van der Waals surface area contributed by atoms with Crippen LogP contribution in [0.1, 0.15) is 54.2 Å². The van der Waals surface area contributed by atoms with Gasteiger partial charge in [-0.1, -0.05) is 6.07 Å². The molecule has 8 heteroatoms. The number of piperidine rings is 1. The minimum atomic E-state index is -0.839. The molecule has 164 valence electrons. The molecule has 5 rings (SSSR count). The van der Waals surface area contributed by atoms with E-state index in [9.17, 15) is 18.4 Å². The molecular weight excluding hydrogens is 402 g/mol. The van der Waals surface area contributed by atoms with Gasteiger partial charge in [0.05, 0.1) is 17.8 Å². The molecule has 2 fully saturated rings. The smallest absolute Gasteiger partial charge is 0.256 e. The largest absolute Gasteiger partial charge is 0.337 e. The van der Waals surface area contributed by atoms with Gasteiger partial charge in [0.1, 0.15) is 5.82 Å². The van der Waals surface area contributed by atoms with E-state index in [1.54, 1.807) is 11.0 Å². The second-order valence-electron chi connectivity index (χ2n) is 8.98. The number of aromatic nitrogens is 2. The predicted octanol–water partition coefficient (Wildman–Crippen LogP) is 2.72. The van der Waals surface area contributed by atoms with Crippen LogP contribution in [0.5, 0.6) is 0 Å². The number of amides is 1. The number of nitrogens with one attached hydrogen (secondary N) is 1. The molecule has 1 N–H and O–H groups in total. The molecule has 1 atom stereocenters. The van der Waals surface area contributed by atoms with E-state index in [0.29, 0.717) is 44.0 Å². The Morgan fingerprint density at radius 2 is 2.00 bits per heavy atom. The summed E-state index contributed by atoms with van der Waals surface area (Å²) in [5.41, 5.74) is 1.99. The maximum atomic E-state index is 13.5. The van der Waals surface area contributed by atoms with E-state index >= 15 is 0 Å². The highest BCUT2D eigenvalue weighted by molar-refractivity contribution is 5.81. The molecule has 6 nitrogen and oxygen atoms in total. The number of hydrogen-bond acceptors (Lipinski definition) is 4. The van der Waals surface area contributed by atoms with Gasteiger partial charge in [-0.3, -0.25) is 14.5 Å². The zero-order chi connectivity index (χ0) is 21.5. The fraction of sp³-hybridized carbons (Fsp3) is 0.522. The van der Waals surface area contributed by atoms with Gasteiger partial charge in [0, 0.05) is 37.9 Å². The van der Waals surface area contributed by atoms with E-state index in [1.165, 1.54) is 6.07 Å². The van der Waals surface area contributed by atoms with Crippen molar-refractivity contribution in [2.45, 2.75) is 51.1 Å². The lowest BCUT2D eigenvalue weighted by molar-refractivity contribution is -0.133. The van der Waals surface area contributed by atoms with Gasteiger partial charge in [-0.2, -0.15) is 0 Å². The molecule has 1 saturated carbocycles. The summed E-state index contributed by atoms with van der Waals surface area (Å²) in [7, 11) is 0. The second kappa shape index (κ2) is 8.15. The summed E-state index contributed by atoms with van der Waals surface area (Å²) in [6.07, 6.45) is 4.38. The summed E-state index contributed by atoms with van der Waals surface area (Å²) in [5, 5.41) is 0. The van der Waals surface area contributed by atoms with Gasteiger partial charge >= 0.3 is 0 Å². The number of carbonyl (C=O) groups excluding carboxylic acids is 1. The first kappa shape index (κ1) is 20.3. The monoisotopic (exact) mass is 428 g/mol. The van der Waals surface area contributed by atoms with E-state index in [4.69, 9.17) is 4.98 Å². The summed E-state index contributed by atoms with van der Waals surface area (Å²) in [6.45, 7) is 3.06. The fourth-order valence-corrected chi connectivity index (χ4v) is 4.73. The highest BCUT2D eigenvalue weighted by Crippen LogP contribution is 2.32. The minimum absolute atomic E-state index is 0.0863. The quantitative estimate of drug-likeness (QED) is 0.813. The lowest BCUT2D eigenvalue weighted by atomic mass is 9.96. The second-order valence-corrected chi connectivity index (χ2v) is 8.98. The number of nitrogens with zero attached hydrogens (tertiary/aromatic N) is 3. The van der Waals surface area contributed by atoms with Crippen LogP contribution in [0.3, 0.4) is 0 Å². The number of hydrogen-bond donors (Lipinski definition) is 1. The first-order chi connectivity index (χ1) is 15.0. The highest BCUT2D eigenvalue weighted by atomic mass is 19.2. The molecule has 1 aromatic carbocycles. The van der Waals surface area contributed by atoms with Crippen LogP contribution < -0.4 is 5.56 Å². The van der Waals surface area contributed by atoms with Crippen molar-refractivity contribution in [1.82, 2.24) is 19.8 Å². The van der Waals surface area contributed by atoms with Crippen LogP contribution in [0.15, 0.2) is 23.0 Å². The Morgan fingerprint density at radius 3 is 2.77 bits per heavy atom. The Kier molecular flexibility index (Phi) is 5.33. The molecule has 3 heterocycles. The van der Waals surface area contributed by atoms with Crippen molar-refractivity contribution in [3.05, 3.63) is 62.8 Å². The zero-order valence-electron chi connectivity index (χ0n) is 17.4. The van der Waals surface area contributed by atoms with E-state index in [1.807, 2.05) is 0 Å². The third-order valence-corrected chi connectivity index (χ3v) is 6.61. The van der Waals surface area contributed by atoms with Crippen LogP contribution in [-0.4, -0.2) is 45.3 Å². The topological polar surface area (TPSA) is 69.3 Å². The SMILES string of the molecule is O=C(C1CC1)N1CCc2nc([C@@H]3CCCN(Cc4ccc(F)c(F)c4)C3)[nH]c(=O)c2C1. The number of likely N-dealkylation sites (tertiary alicyclic amines) is 1. The molecule has 0 unspecified atom stereocenters. The van der Waals surface area contributed by atoms with Crippen LogP contribution in [0, 0.1) is 17.6 Å².